The Labute approximate surface area is 109 Å². The number of hydrogen-bond acceptors (Lipinski definition) is 3. The molecule has 0 aliphatic carbocycles. The lowest BCUT2D eigenvalue weighted by Crippen LogP contribution is -2.21. The highest BCUT2D eigenvalue weighted by molar-refractivity contribution is 6.26. The van der Waals surface area contributed by atoms with E-state index < -0.39 is 0 Å². The molecule has 0 spiro atoms. The molecule has 2 unspecified atom stereocenters. The van der Waals surface area contributed by atoms with Crippen molar-refractivity contribution in [2.24, 2.45) is 11.8 Å². The standard InChI is InChI=1S/C8H10.C7H11NO2/c1-7-4-3-5-8(2)6-7;1-5-2-8-3-6(5)7(10)4-9/h3-6H,1-2H3;4-6,8H,2-3H2,1H3. The van der Waals surface area contributed by atoms with E-state index in [-0.39, 0.29) is 11.7 Å². The first-order valence-electron chi connectivity index (χ1n) is 6.27. The fourth-order valence-electron chi connectivity index (χ4n) is 2.09. The van der Waals surface area contributed by atoms with E-state index in [4.69, 9.17) is 0 Å². The van der Waals surface area contributed by atoms with Crippen LogP contribution in [-0.4, -0.2) is 25.2 Å². The molecule has 1 aromatic carbocycles. The van der Waals surface area contributed by atoms with Crippen LogP contribution in [0.25, 0.3) is 0 Å². The van der Waals surface area contributed by atoms with Gasteiger partial charge in [0, 0.05) is 12.5 Å². The molecule has 3 nitrogen and oxygen atoms in total. The SMILES string of the molecule is CC1CNCC1C(=O)C=O.Cc1cccc(C)c1. The van der Waals surface area contributed by atoms with Crippen LogP contribution < -0.4 is 5.32 Å². The summed E-state index contributed by atoms with van der Waals surface area (Å²) in [6.07, 6.45) is 0.425. The van der Waals surface area contributed by atoms with Crippen LogP contribution in [0.3, 0.4) is 0 Å². The average molecular weight is 247 g/mol. The fraction of sp³-hybridized carbons (Fsp3) is 0.467. The summed E-state index contributed by atoms with van der Waals surface area (Å²) in [6.45, 7) is 7.70. The Bertz CT molecular complexity index is 397. The zero-order chi connectivity index (χ0) is 13.5. The highest BCUT2D eigenvalue weighted by atomic mass is 16.2. The lowest BCUT2D eigenvalue weighted by atomic mass is 9.94. The van der Waals surface area contributed by atoms with E-state index in [9.17, 15) is 9.59 Å². The second-order valence-corrected chi connectivity index (χ2v) is 4.92. The number of carbonyl (C=O) groups excluding carboxylic acids is 2. The molecule has 1 heterocycles. The van der Waals surface area contributed by atoms with Crippen molar-refractivity contribution in [3.63, 3.8) is 0 Å². The highest BCUT2D eigenvalue weighted by Gasteiger charge is 2.28. The molecule has 98 valence electrons. The normalized spacial score (nSPS) is 21.9. The fourth-order valence-corrected chi connectivity index (χ4v) is 2.09. The third-order valence-electron chi connectivity index (χ3n) is 3.17. The van der Waals surface area contributed by atoms with E-state index in [0.29, 0.717) is 18.7 Å². The Kier molecular flexibility index (Phi) is 5.72. The number of ketones is 1. The van der Waals surface area contributed by atoms with Crippen molar-refractivity contribution in [3.8, 4) is 0 Å². The van der Waals surface area contributed by atoms with Crippen molar-refractivity contribution in [1.29, 1.82) is 0 Å². The molecule has 1 aliphatic heterocycles. The van der Waals surface area contributed by atoms with Gasteiger partial charge in [0.25, 0.3) is 0 Å². The minimum atomic E-state index is -0.266. The van der Waals surface area contributed by atoms with Gasteiger partial charge in [-0.2, -0.15) is 0 Å². The molecule has 0 amide bonds. The average Bonchev–Trinajstić information content (AvgIpc) is 2.75. The van der Waals surface area contributed by atoms with E-state index in [1.807, 2.05) is 6.92 Å². The molecule has 0 bridgehead atoms. The number of rotatable bonds is 2. The molecule has 1 aromatic rings. The van der Waals surface area contributed by atoms with E-state index in [1.54, 1.807) is 0 Å². The summed E-state index contributed by atoms with van der Waals surface area (Å²) in [5.74, 6) is -0.0206. The molecule has 1 N–H and O–H groups in total. The lowest BCUT2D eigenvalue weighted by molar-refractivity contribution is -0.132. The third-order valence-corrected chi connectivity index (χ3v) is 3.17. The van der Waals surface area contributed by atoms with Crippen LogP contribution in [0.1, 0.15) is 18.1 Å². The Hall–Kier alpha value is -1.48. The van der Waals surface area contributed by atoms with Gasteiger partial charge < -0.3 is 5.32 Å². The number of hydrogen-bond donors (Lipinski definition) is 1. The van der Waals surface area contributed by atoms with Crippen molar-refractivity contribution in [2.75, 3.05) is 13.1 Å². The summed E-state index contributed by atoms with van der Waals surface area (Å²) in [5, 5.41) is 3.06. The predicted molar refractivity (Wildman–Crippen MR) is 72.5 cm³/mol. The summed E-state index contributed by atoms with van der Waals surface area (Å²) in [7, 11) is 0. The molecular weight excluding hydrogens is 226 g/mol. The maximum Gasteiger partial charge on any atom is 0.199 e. The Balaban J connectivity index is 0.000000184. The van der Waals surface area contributed by atoms with Gasteiger partial charge in [0.1, 0.15) is 0 Å². The van der Waals surface area contributed by atoms with Gasteiger partial charge in [-0.3, -0.25) is 9.59 Å². The Morgan fingerprint density at radius 2 is 1.89 bits per heavy atom. The molecule has 2 rings (SSSR count). The first-order chi connectivity index (χ1) is 8.54. The van der Waals surface area contributed by atoms with Gasteiger partial charge in [0.05, 0.1) is 0 Å². The van der Waals surface area contributed by atoms with Crippen LogP contribution in [0.2, 0.25) is 0 Å². The van der Waals surface area contributed by atoms with E-state index in [1.165, 1.54) is 11.1 Å². The summed E-state index contributed by atoms with van der Waals surface area (Å²) in [5.41, 5.74) is 2.68. The first-order valence-corrected chi connectivity index (χ1v) is 6.27. The Morgan fingerprint density at radius 3 is 2.22 bits per heavy atom. The smallest absolute Gasteiger partial charge is 0.199 e. The molecule has 1 saturated heterocycles. The monoisotopic (exact) mass is 247 g/mol. The molecule has 1 fully saturated rings. The van der Waals surface area contributed by atoms with Crippen LogP contribution >= 0.6 is 0 Å². The predicted octanol–water partition coefficient (Wildman–Crippen LogP) is 1.91. The van der Waals surface area contributed by atoms with Crippen LogP contribution in [0.5, 0.6) is 0 Å². The van der Waals surface area contributed by atoms with Crippen LogP contribution in [0, 0.1) is 25.7 Å². The minimum Gasteiger partial charge on any atom is -0.316 e. The number of benzene rings is 1. The molecule has 1 aliphatic rings. The zero-order valence-corrected chi connectivity index (χ0v) is 11.3. The molecule has 0 saturated carbocycles. The summed E-state index contributed by atoms with van der Waals surface area (Å²) in [4.78, 5) is 20.9. The molecule has 18 heavy (non-hydrogen) atoms. The summed E-state index contributed by atoms with van der Waals surface area (Å²) in [6, 6.07) is 8.45. The highest BCUT2D eigenvalue weighted by Crippen LogP contribution is 2.15. The van der Waals surface area contributed by atoms with Crippen molar-refractivity contribution >= 4 is 12.1 Å². The maximum absolute atomic E-state index is 10.8. The number of aldehydes is 1. The van der Waals surface area contributed by atoms with Crippen molar-refractivity contribution in [3.05, 3.63) is 35.4 Å². The van der Waals surface area contributed by atoms with Crippen molar-refractivity contribution < 1.29 is 9.59 Å². The van der Waals surface area contributed by atoms with E-state index in [0.717, 1.165) is 6.54 Å². The van der Waals surface area contributed by atoms with Crippen LogP contribution in [0.15, 0.2) is 24.3 Å². The third kappa shape index (κ3) is 4.41. The van der Waals surface area contributed by atoms with Crippen LogP contribution in [-0.2, 0) is 9.59 Å². The molecule has 2 atom stereocenters. The second-order valence-electron chi connectivity index (χ2n) is 4.92. The lowest BCUT2D eigenvalue weighted by Gasteiger charge is -2.06. The second kappa shape index (κ2) is 7.07. The number of carbonyl (C=O) groups is 2. The maximum atomic E-state index is 10.8. The van der Waals surface area contributed by atoms with Gasteiger partial charge >= 0.3 is 0 Å². The van der Waals surface area contributed by atoms with Crippen molar-refractivity contribution in [1.82, 2.24) is 5.32 Å². The van der Waals surface area contributed by atoms with Gasteiger partial charge in [-0.25, -0.2) is 0 Å². The zero-order valence-electron chi connectivity index (χ0n) is 11.3. The van der Waals surface area contributed by atoms with Gasteiger partial charge in [-0.05, 0) is 26.3 Å². The molecule has 0 radical (unpaired) electrons. The number of aryl methyl sites for hydroxylation is 2. The van der Waals surface area contributed by atoms with Crippen molar-refractivity contribution in [2.45, 2.75) is 20.8 Å². The van der Waals surface area contributed by atoms with Gasteiger partial charge in [0.2, 0.25) is 0 Å². The van der Waals surface area contributed by atoms with Gasteiger partial charge in [0.15, 0.2) is 12.1 Å². The minimum absolute atomic E-state index is 0.0718. The molecular formula is C15H21NO2. The molecule has 3 heteroatoms. The van der Waals surface area contributed by atoms with E-state index >= 15 is 0 Å². The molecule has 0 aromatic heterocycles. The summed E-state index contributed by atoms with van der Waals surface area (Å²) < 4.78 is 0. The number of Topliss-reactive ketones (excluding diaryl/α,β-unsaturated/α-hetero) is 1. The quantitative estimate of drug-likeness (QED) is 0.641. The van der Waals surface area contributed by atoms with Gasteiger partial charge in [-0.15, -0.1) is 0 Å². The van der Waals surface area contributed by atoms with E-state index in [2.05, 4.69) is 43.4 Å². The topological polar surface area (TPSA) is 46.2 Å². The Morgan fingerprint density at radius 1 is 1.28 bits per heavy atom. The summed E-state index contributed by atoms with van der Waals surface area (Å²) >= 11 is 0. The largest absolute Gasteiger partial charge is 0.316 e. The van der Waals surface area contributed by atoms with Crippen LogP contribution in [0.4, 0.5) is 0 Å². The van der Waals surface area contributed by atoms with Gasteiger partial charge in [-0.1, -0.05) is 42.3 Å². The number of nitrogens with one attached hydrogen (secondary N) is 1. The first kappa shape index (κ1) is 14.6.